The first-order chi connectivity index (χ1) is 12.5. The zero-order valence-electron chi connectivity index (χ0n) is 14.1. The minimum Gasteiger partial charge on any atom is -0.379 e. The molecule has 3 aromatic rings. The van der Waals surface area contributed by atoms with Crippen LogP contribution in [0.25, 0.3) is 10.9 Å². The fourth-order valence-corrected chi connectivity index (χ4v) is 3.09. The molecule has 1 saturated heterocycles. The predicted octanol–water partition coefficient (Wildman–Crippen LogP) is 3.21. The Morgan fingerprint density at radius 1 is 1.19 bits per heavy atom. The van der Waals surface area contributed by atoms with Crippen molar-refractivity contribution in [3.8, 4) is 0 Å². The fraction of sp³-hybridized carbons (Fsp3) is 0.200. The molecule has 1 aromatic heterocycles. The third-order valence-corrected chi connectivity index (χ3v) is 4.77. The van der Waals surface area contributed by atoms with Gasteiger partial charge in [-0.15, -0.1) is 0 Å². The topological polar surface area (TPSA) is 71.2 Å². The summed E-state index contributed by atoms with van der Waals surface area (Å²) in [5.74, 6) is -1.06. The van der Waals surface area contributed by atoms with Gasteiger partial charge in [-0.1, -0.05) is 19.1 Å². The van der Waals surface area contributed by atoms with E-state index in [1.54, 1.807) is 12.1 Å². The van der Waals surface area contributed by atoms with Crippen molar-refractivity contribution in [3.05, 3.63) is 75.8 Å². The smallest absolute Gasteiger partial charge is 0.261 e. The Morgan fingerprint density at radius 2 is 1.92 bits per heavy atom. The SMILES string of the molecule is CC1(c2ccc(NC(=O)c3c[nH]c4ccc(F)cc4c3=O)cc2)COC1. The molecule has 1 fully saturated rings. The summed E-state index contributed by atoms with van der Waals surface area (Å²) in [6.45, 7) is 3.49. The maximum absolute atomic E-state index is 13.4. The van der Waals surface area contributed by atoms with Crippen molar-refractivity contribution >= 4 is 22.5 Å². The van der Waals surface area contributed by atoms with Crippen molar-refractivity contribution in [2.24, 2.45) is 0 Å². The number of carbonyl (C=O) groups excluding carboxylic acids is 1. The van der Waals surface area contributed by atoms with E-state index < -0.39 is 17.2 Å². The van der Waals surface area contributed by atoms with Gasteiger partial charge < -0.3 is 15.0 Å². The van der Waals surface area contributed by atoms with Crippen LogP contribution in [0.2, 0.25) is 0 Å². The number of hydrogen-bond acceptors (Lipinski definition) is 3. The van der Waals surface area contributed by atoms with Gasteiger partial charge in [0.15, 0.2) is 0 Å². The first kappa shape index (κ1) is 16.5. The molecule has 26 heavy (non-hydrogen) atoms. The fourth-order valence-electron chi connectivity index (χ4n) is 3.09. The van der Waals surface area contributed by atoms with Crippen LogP contribution >= 0.6 is 0 Å². The van der Waals surface area contributed by atoms with E-state index in [0.29, 0.717) is 24.4 Å². The van der Waals surface area contributed by atoms with Crippen molar-refractivity contribution in [2.75, 3.05) is 18.5 Å². The van der Waals surface area contributed by atoms with Crippen molar-refractivity contribution < 1.29 is 13.9 Å². The van der Waals surface area contributed by atoms with Crippen LogP contribution in [-0.4, -0.2) is 24.1 Å². The summed E-state index contributed by atoms with van der Waals surface area (Å²) < 4.78 is 18.7. The van der Waals surface area contributed by atoms with Crippen molar-refractivity contribution in [1.29, 1.82) is 0 Å². The van der Waals surface area contributed by atoms with Crippen LogP contribution in [0.4, 0.5) is 10.1 Å². The summed E-state index contributed by atoms with van der Waals surface area (Å²) in [5, 5.41) is 2.85. The third-order valence-electron chi connectivity index (χ3n) is 4.77. The summed E-state index contributed by atoms with van der Waals surface area (Å²) in [6.07, 6.45) is 1.35. The first-order valence-electron chi connectivity index (χ1n) is 8.27. The first-order valence-corrected chi connectivity index (χ1v) is 8.27. The molecule has 1 aliphatic heterocycles. The van der Waals surface area contributed by atoms with Gasteiger partial charge in [0, 0.05) is 28.2 Å². The van der Waals surface area contributed by atoms with Crippen LogP contribution in [0.5, 0.6) is 0 Å². The van der Waals surface area contributed by atoms with E-state index in [-0.39, 0.29) is 16.4 Å². The van der Waals surface area contributed by atoms with Gasteiger partial charge in [0.25, 0.3) is 5.91 Å². The number of anilines is 1. The Morgan fingerprint density at radius 3 is 2.58 bits per heavy atom. The van der Waals surface area contributed by atoms with E-state index in [4.69, 9.17) is 4.74 Å². The minimum atomic E-state index is -0.539. The summed E-state index contributed by atoms with van der Waals surface area (Å²) in [6, 6.07) is 11.3. The zero-order valence-corrected chi connectivity index (χ0v) is 14.1. The van der Waals surface area contributed by atoms with E-state index in [1.807, 2.05) is 12.1 Å². The third kappa shape index (κ3) is 2.78. The van der Waals surface area contributed by atoms with Crippen LogP contribution in [0, 0.1) is 5.82 Å². The van der Waals surface area contributed by atoms with Gasteiger partial charge in [-0.2, -0.15) is 0 Å². The largest absolute Gasteiger partial charge is 0.379 e. The highest BCUT2D eigenvalue weighted by atomic mass is 19.1. The molecule has 1 amide bonds. The van der Waals surface area contributed by atoms with Crippen molar-refractivity contribution in [3.63, 3.8) is 0 Å². The molecule has 1 aliphatic rings. The van der Waals surface area contributed by atoms with Crippen LogP contribution in [0.15, 0.2) is 53.5 Å². The lowest BCUT2D eigenvalue weighted by molar-refractivity contribution is -0.0499. The van der Waals surface area contributed by atoms with Gasteiger partial charge in [0.1, 0.15) is 11.4 Å². The Labute approximate surface area is 148 Å². The van der Waals surface area contributed by atoms with E-state index >= 15 is 0 Å². The normalized spacial score (nSPS) is 15.5. The number of benzene rings is 2. The van der Waals surface area contributed by atoms with Gasteiger partial charge in [0.2, 0.25) is 5.43 Å². The molecule has 0 aliphatic carbocycles. The lowest BCUT2D eigenvalue weighted by Gasteiger charge is -2.38. The van der Waals surface area contributed by atoms with E-state index in [2.05, 4.69) is 17.2 Å². The highest BCUT2D eigenvalue weighted by Crippen LogP contribution is 2.32. The minimum absolute atomic E-state index is 0.0160. The molecule has 0 bridgehead atoms. The average Bonchev–Trinajstić information content (AvgIpc) is 2.61. The van der Waals surface area contributed by atoms with Crippen LogP contribution in [0.1, 0.15) is 22.8 Å². The van der Waals surface area contributed by atoms with Gasteiger partial charge >= 0.3 is 0 Å². The molecule has 5 nitrogen and oxygen atoms in total. The molecular weight excluding hydrogens is 335 g/mol. The standard InChI is InChI=1S/C20H17FN2O3/c1-20(10-26-11-20)12-2-5-14(6-3-12)23-19(25)16-9-22-17-7-4-13(21)8-15(17)18(16)24/h2-9H,10-11H2,1H3,(H,22,24)(H,23,25). The van der Waals surface area contributed by atoms with Gasteiger partial charge in [-0.25, -0.2) is 4.39 Å². The highest BCUT2D eigenvalue weighted by Gasteiger charge is 2.34. The Bertz CT molecular complexity index is 1050. The number of halogens is 1. The molecular formula is C20H17FN2O3. The molecule has 0 spiro atoms. The van der Waals surface area contributed by atoms with Crippen molar-refractivity contribution in [2.45, 2.75) is 12.3 Å². The molecule has 4 rings (SSSR count). The number of H-pyrrole nitrogens is 1. The monoisotopic (exact) mass is 352 g/mol. The molecule has 2 heterocycles. The molecule has 0 saturated carbocycles. The van der Waals surface area contributed by atoms with Gasteiger partial charge in [0.05, 0.1) is 13.2 Å². The zero-order chi connectivity index (χ0) is 18.3. The maximum atomic E-state index is 13.4. The Hall–Kier alpha value is -2.99. The highest BCUT2D eigenvalue weighted by molar-refractivity contribution is 6.05. The number of hydrogen-bond donors (Lipinski definition) is 2. The lowest BCUT2D eigenvalue weighted by Crippen LogP contribution is -2.43. The van der Waals surface area contributed by atoms with E-state index in [9.17, 15) is 14.0 Å². The lowest BCUT2D eigenvalue weighted by atomic mass is 9.81. The number of aromatic nitrogens is 1. The number of carbonyl (C=O) groups is 1. The number of rotatable bonds is 3. The van der Waals surface area contributed by atoms with Crippen LogP contribution < -0.4 is 10.7 Å². The number of aromatic amines is 1. The van der Waals surface area contributed by atoms with Crippen molar-refractivity contribution in [1.82, 2.24) is 4.98 Å². The average molecular weight is 352 g/mol. The number of fused-ring (bicyclic) bond motifs is 1. The van der Waals surface area contributed by atoms with Gasteiger partial charge in [-0.3, -0.25) is 9.59 Å². The molecule has 0 atom stereocenters. The predicted molar refractivity (Wildman–Crippen MR) is 97.1 cm³/mol. The number of nitrogens with one attached hydrogen (secondary N) is 2. The van der Waals surface area contributed by atoms with Crippen LogP contribution in [-0.2, 0) is 10.2 Å². The number of ether oxygens (including phenoxy) is 1. The number of amides is 1. The number of pyridine rings is 1. The van der Waals surface area contributed by atoms with E-state index in [0.717, 1.165) is 11.6 Å². The second-order valence-corrected chi connectivity index (χ2v) is 6.81. The maximum Gasteiger partial charge on any atom is 0.261 e. The summed E-state index contributed by atoms with van der Waals surface area (Å²) >= 11 is 0. The Kier molecular flexibility index (Phi) is 3.85. The quantitative estimate of drug-likeness (QED) is 0.760. The molecule has 0 radical (unpaired) electrons. The molecule has 2 aromatic carbocycles. The summed E-state index contributed by atoms with van der Waals surface area (Å²) in [4.78, 5) is 27.8. The molecule has 0 unspecified atom stereocenters. The summed E-state index contributed by atoms with van der Waals surface area (Å²) in [7, 11) is 0. The van der Waals surface area contributed by atoms with Gasteiger partial charge in [-0.05, 0) is 35.9 Å². The molecule has 6 heteroatoms. The second-order valence-electron chi connectivity index (χ2n) is 6.81. The van der Waals surface area contributed by atoms with Crippen LogP contribution in [0.3, 0.4) is 0 Å². The molecule has 2 N–H and O–H groups in total. The van der Waals surface area contributed by atoms with E-state index in [1.165, 1.54) is 18.3 Å². The Balaban J connectivity index is 1.59. The summed E-state index contributed by atoms with van der Waals surface area (Å²) in [5.41, 5.74) is 1.65. The second kappa shape index (κ2) is 6.07. The molecule has 132 valence electrons.